The van der Waals surface area contributed by atoms with Crippen LogP contribution < -0.4 is 5.76 Å². The minimum Gasteiger partial charge on any atom is -0.296 e. The average Bonchev–Trinajstić information content (AvgIpc) is 2.20. The Morgan fingerprint density at radius 1 is 1.67 bits per heavy atom. The van der Waals surface area contributed by atoms with E-state index in [0.717, 1.165) is 0 Å². The van der Waals surface area contributed by atoms with Crippen LogP contribution in [0, 0.1) is 6.92 Å². The maximum Gasteiger partial charge on any atom is 0.438 e. The molecule has 4 heteroatoms. The van der Waals surface area contributed by atoms with Gasteiger partial charge >= 0.3 is 5.76 Å². The largest absolute Gasteiger partial charge is 0.438 e. The van der Waals surface area contributed by atoms with E-state index >= 15 is 0 Å². The maximum absolute atomic E-state index is 10.0. The van der Waals surface area contributed by atoms with Gasteiger partial charge in [0.25, 0.3) is 0 Å². The monoisotopic (exact) mass is 132 g/mol. The van der Waals surface area contributed by atoms with E-state index in [1.807, 2.05) is 13.8 Å². The summed E-state index contributed by atoms with van der Waals surface area (Å²) in [4.78, 5) is 12.3. The molecule has 0 fully saturated rings. The highest BCUT2D eigenvalue weighted by Gasteiger charge is 1.86. The zero-order chi connectivity index (χ0) is 7.28. The first-order chi connectivity index (χ1) is 4.29. The van der Waals surface area contributed by atoms with Crippen LogP contribution in [0.3, 0.4) is 0 Å². The van der Waals surface area contributed by atoms with Crippen molar-refractivity contribution >= 4 is 0 Å². The van der Waals surface area contributed by atoms with Gasteiger partial charge in [0.05, 0.1) is 0 Å². The molecule has 0 aliphatic rings. The number of hydrogen-bond donors (Lipinski definition) is 1. The Balaban J connectivity index is 0. The molecule has 0 bridgehead atoms. The summed E-state index contributed by atoms with van der Waals surface area (Å²) >= 11 is 0. The molecule has 1 heterocycles. The summed E-state index contributed by atoms with van der Waals surface area (Å²) in [5.41, 5.74) is 0. The lowest BCUT2D eigenvalue weighted by atomic mass is 10.8. The van der Waals surface area contributed by atoms with Crippen molar-refractivity contribution in [1.29, 1.82) is 0 Å². The standard InChI is InChI=1S/C3H4N2O2.C2H6.H2/c1-2-4-3(6)7-5-2;1-2;/h1H3,(H,4,5,6);1-2H3;1H. The quantitative estimate of drug-likeness (QED) is 0.571. The summed E-state index contributed by atoms with van der Waals surface area (Å²) in [6.45, 7) is 5.64. The minimum atomic E-state index is -0.502. The number of nitrogens with zero attached hydrogens (tertiary/aromatic N) is 1. The van der Waals surface area contributed by atoms with Crippen molar-refractivity contribution in [3.63, 3.8) is 0 Å². The Morgan fingerprint density at radius 3 is 2.33 bits per heavy atom. The zero-order valence-electron chi connectivity index (χ0n) is 5.76. The molecule has 1 N–H and O–H groups in total. The number of H-pyrrole nitrogens is 1. The van der Waals surface area contributed by atoms with Crippen LogP contribution in [-0.4, -0.2) is 10.1 Å². The lowest BCUT2D eigenvalue weighted by molar-refractivity contribution is 0.383. The van der Waals surface area contributed by atoms with Gasteiger partial charge < -0.3 is 0 Å². The number of aryl methyl sites for hydroxylation is 1. The molecule has 1 aromatic rings. The van der Waals surface area contributed by atoms with Gasteiger partial charge in [0.1, 0.15) is 5.82 Å². The fourth-order valence-corrected chi connectivity index (χ4v) is 0.303. The summed E-state index contributed by atoms with van der Waals surface area (Å²) in [6, 6.07) is 0. The summed E-state index contributed by atoms with van der Waals surface area (Å²) in [5.74, 6) is 0.00231. The van der Waals surface area contributed by atoms with Crippen LogP contribution in [0.15, 0.2) is 9.32 Å². The molecule has 0 aliphatic heterocycles. The van der Waals surface area contributed by atoms with Gasteiger partial charge in [-0.2, -0.15) is 0 Å². The fourth-order valence-electron chi connectivity index (χ4n) is 0.303. The average molecular weight is 132 g/mol. The van der Waals surface area contributed by atoms with E-state index in [1.165, 1.54) is 0 Å². The minimum absolute atomic E-state index is 0. The van der Waals surface area contributed by atoms with E-state index in [-0.39, 0.29) is 1.43 Å². The number of nitrogens with one attached hydrogen (secondary N) is 1. The Bertz CT molecular complexity index is 205. The van der Waals surface area contributed by atoms with Gasteiger partial charge in [0, 0.05) is 1.43 Å². The highest BCUT2D eigenvalue weighted by molar-refractivity contribution is 4.68. The topological polar surface area (TPSA) is 58.9 Å². The third-order valence-corrected chi connectivity index (χ3v) is 0.548. The van der Waals surface area contributed by atoms with Gasteiger partial charge in [-0.1, -0.05) is 19.0 Å². The van der Waals surface area contributed by atoms with Gasteiger partial charge in [0.2, 0.25) is 0 Å². The second kappa shape index (κ2) is 3.88. The molecule has 0 saturated heterocycles. The molecule has 0 radical (unpaired) electrons. The first-order valence-corrected chi connectivity index (χ1v) is 2.81. The van der Waals surface area contributed by atoms with Crippen molar-refractivity contribution in [3.8, 4) is 0 Å². The normalized spacial score (nSPS) is 7.89. The van der Waals surface area contributed by atoms with Crippen molar-refractivity contribution in [2.75, 3.05) is 0 Å². The molecular weight excluding hydrogens is 120 g/mol. The van der Waals surface area contributed by atoms with E-state index in [9.17, 15) is 4.79 Å². The van der Waals surface area contributed by atoms with Crippen LogP contribution in [0.2, 0.25) is 0 Å². The molecule has 0 aliphatic carbocycles. The molecule has 1 aromatic heterocycles. The lowest BCUT2D eigenvalue weighted by Crippen LogP contribution is -1.93. The predicted octanol–water partition coefficient (Wildman–Crippen LogP) is 0.944. The molecule has 0 aromatic carbocycles. The number of aromatic amines is 1. The first kappa shape index (κ1) is 7.94. The molecular formula is C5H12N2O2. The van der Waals surface area contributed by atoms with Crippen LogP contribution in [0.4, 0.5) is 0 Å². The van der Waals surface area contributed by atoms with Crippen LogP contribution in [0.1, 0.15) is 21.1 Å². The van der Waals surface area contributed by atoms with Crippen LogP contribution in [0.25, 0.3) is 0 Å². The van der Waals surface area contributed by atoms with Crippen molar-refractivity contribution in [3.05, 3.63) is 16.4 Å². The molecule has 9 heavy (non-hydrogen) atoms. The number of rotatable bonds is 0. The summed E-state index contributed by atoms with van der Waals surface area (Å²) in [5, 5.41) is 3.27. The smallest absolute Gasteiger partial charge is 0.296 e. The lowest BCUT2D eigenvalue weighted by Gasteiger charge is -1.62. The Kier molecular flexibility index (Phi) is 3.43. The van der Waals surface area contributed by atoms with E-state index < -0.39 is 5.76 Å². The van der Waals surface area contributed by atoms with Crippen LogP contribution >= 0.6 is 0 Å². The Hall–Kier alpha value is -1.06. The number of hydrogen-bond acceptors (Lipinski definition) is 3. The van der Waals surface area contributed by atoms with E-state index in [2.05, 4.69) is 14.7 Å². The molecule has 0 unspecified atom stereocenters. The van der Waals surface area contributed by atoms with Gasteiger partial charge in [-0.25, -0.2) is 4.79 Å². The van der Waals surface area contributed by atoms with Gasteiger partial charge in [-0.15, -0.1) is 0 Å². The van der Waals surface area contributed by atoms with E-state index in [0.29, 0.717) is 5.82 Å². The second-order valence-corrected chi connectivity index (χ2v) is 1.18. The molecule has 0 amide bonds. The molecule has 0 atom stereocenters. The number of aromatic nitrogens is 2. The first-order valence-electron chi connectivity index (χ1n) is 2.81. The zero-order valence-corrected chi connectivity index (χ0v) is 5.76. The third kappa shape index (κ3) is 2.69. The second-order valence-electron chi connectivity index (χ2n) is 1.18. The van der Waals surface area contributed by atoms with Crippen LogP contribution in [-0.2, 0) is 0 Å². The van der Waals surface area contributed by atoms with Crippen LogP contribution in [0.5, 0.6) is 0 Å². The molecule has 0 saturated carbocycles. The SMILES string of the molecule is CC.Cc1noc(=O)[nH]1.[HH]. The highest BCUT2D eigenvalue weighted by atomic mass is 16.5. The van der Waals surface area contributed by atoms with Crippen molar-refractivity contribution in [2.45, 2.75) is 20.8 Å². The highest BCUT2D eigenvalue weighted by Crippen LogP contribution is 1.72. The van der Waals surface area contributed by atoms with Gasteiger partial charge in [-0.05, 0) is 6.92 Å². The summed E-state index contributed by atoms with van der Waals surface area (Å²) in [7, 11) is 0. The molecule has 4 nitrogen and oxygen atoms in total. The maximum atomic E-state index is 10.0. The van der Waals surface area contributed by atoms with Gasteiger partial charge in [0.15, 0.2) is 0 Å². The van der Waals surface area contributed by atoms with Crippen molar-refractivity contribution in [1.82, 2.24) is 10.1 Å². The molecule has 1 rings (SSSR count). The predicted molar refractivity (Wildman–Crippen MR) is 35.3 cm³/mol. The Labute approximate surface area is 54.4 Å². The van der Waals surface area contributed by atoms with Gasteiger partial charge in [-0.3, -0.25) is 9.51 Å². The van der Waals surface area contributed by atoms with Crippen molar-refractivity contribution < 1.29 is 5.95 Å². The Morgan fingerprint density at radius 2 is 2.22 bits per heavy atom. The third-order valence-electron chi connectivity index (χ3n) is 0.548. The van der Waals surface area contributed by atoms with E-state index in [4.69, 9.17) is 0 Å². The molecule has 0 spiro atoms. The molecule has 54 valence electrons. The summed E-state index contributed by atoms with van der Waals surface area (Å²) < 4.78 is 4.10. The van der Waals surface area contributed by atoms with E-state index in [1.54, 1.807) is 6.92 Å². The summed E-state index contributed by atoms with van der Waals surface area (Å²) in [6.07, 6.45) is 0. The van der Waals surface area contributed by atoms with Crippen molar-refractivity contribution in [2.24, 2.45) is 0 Å². The fraction of sp³-hybridized carbons (Fsp3) is 0.600.